The summed E-state index contributed by atoms with van der Waals surface area (Å²) in [5.74, 6) is 2.61. The summed E-state index contributed by atoms with van der Waals surface area (Å²) in [5, 5.41) is 9.17. The van der Waals surface area contributed by atoms with Crippen molar-refractivity contribution in [2.75, 3.05) is 0 Å². The summed E-state index contributed by atoms with van der Waals surface area (Å²) in [4.78, 5) is 20.5. The number of rotatable bonds is 5. The van der Waals surface area contributed by atoms with Crippen LogP contribution in [0, 0.1) is 6.92 Å². The van der Waals surface area contributed by atoms with Gasteiger partial charge in [-0.1, -0.05) is 133 Å². The van der Waals surface area contributed by atoms with Gasteiger partial charge >= 0.3 is 0 Å². The summed E-state index contributed by atoms with van der Waals surface area (Å²) >= 11 is 0. The van der Waals surface area contributed by atoms with Gasteiger partial charge in [0, 0.05) is 39.3 Å². The maximum absolute atomic E-state index is 6.73. The van der Waals surface area contributed by atoms with E-state index in [0.717, 1.165) is 66.8 Å². The number of nitrogens with zero attached hydrogens (tertiary/aromatic N) is 5. The highest BCUT2D eigenvalue weighted by atomic mass is 16.3. The summed E-state index contributed by atoms with van der Waals surface area (Å²) in [5.41, 5.74) is 7.09. The predicted molar refractivity (Wildman–Crippen MR) is 223 cm³/mol. The van der Waals surface area contributed by atoms with Crippen molar-refractivity contribution in [3.63, 3.8) is 0 Å². The molecule has 0 atom stereocenters. The molecular formula is C49H31N5O. The van der Waals surface area contributed by atoms with Gasteiger partial charge in [0.05, 0.1) is 11.3 Å². The molecule has 0 aliphatic heterocycles. The van der Waals surface area contributed by atoms with Crippen LogP contribution in [0.1, 0.15) is 5.69 Å². The zero-order chi connectivity index (χ0) is 36.5. The molecule has 8 aromatic carbocycles. The topological polar surface area (TPSA) is 69.6 Å². The van der Waals surface area contributed by atoms with E-state index in [4.69, 9.17) is 24.4 Å². The fourth-order valence-electron chi connectivity index (χ4n) is 8.07. The van der Waals surface area contributed by atoms with E-state index in [1.54, 1.807) is 0 Å². The normalized spacial score (nSPS) is 11.7. The van der Waals surface area contributed by atoms with E-state index < -0.39 is 0 Å². The highest BCUT2D eigenvalue weighted by molar-refractivity contribution is 6.25. The molecule has 11 aromatic rings. The maximum Gasteiger partial charge on any atom is 0.164 e. The second-order valence-electron chi connectivity index (χ2n) is 13.9. The Bertz CT molecular complexity index is 3240. The monoisotopic (exact) mass is 705 g/mol. The van der Waals surface area contributed by atoms with Crippen LogP contribution in [0.5, 0.6) is 0 Å². The first-order valence-electron chi connectivity index (χ1n) is 18.4. The van der Waals surface area contributed by atoms with E-state index in [0.29, 0.717) is 17.5 Å². The lowest BCUT2D eigenvalue weighted by Gasteiger charge is -2.13. The third kappa shape index (κ3) is 5.03. The van der Waals surface area contributed by atoms with Crippen molar-refractivity contribution in [1.82, 2.24) is 24.5 Å². The van der Waals surface area contributed by atoms with Gasteiger partial charge in [0.2, 0.25) is 0 Å². The Morgan fingerprint density at radius 1 is 0.436 bits per heavy atom. The second kappa shape index (κ2) is 12.3. The minimum atomic E-state index is 0.577. The standard InChI is InChI=1S/C49H31N5O/c1-30-29-54(33-16-6-3-7-17-33)49(50-30)41-24-12-22-39-44-40(23-13-25-43(44)55-45(39)41)48-52-46(31-14-4-2-5-15-31)51-47(53-48)32-26-27-38-36-20-9-8-18-34(36)35-19-10-11-21-37(35)42(38)28-32/h2-29H,1H3. The van der Waals surface area contributed by atoms with Gasteiger partial charge < -0.3 is 4.42 Å². The smallest absolute Gasteiger partial charge is 0.164 e. The van der Waals surface area contributed by atoms with Crippen LogP contribution in [-0.2, 0) is 0 Å². The average Bonchev–Trinajstić information content (AvgIpc) is 3.84. The Morgan fingerprint density at radius 3 is 1.73 bits per heavy atom. The van der Waals surface area contributed by atoms with Gasteiger partial charge in [0.1, 0.15) is 17.0 Å². The number of benzene rings is 8. The van der Waals surface area contributed by atoms with E-state index >= 15 is 0 Å². The molecular weight excluding hydrogens is 675 g/mol. The molecule has 0 amide bonds. The fraction of sp³-hybridized carbons (Fsp3) is 0.0204. The molecule has 0 radical (unpaired) electrons. The number of aromatic nitrogens is 5. The van der Waals surface area contributed by atoms with Gasteiger partial charge in [-0.15, -0.1) is 0 Å². The molecule has 6 heteroatoms. The Hall–Kier alpha value is -7.44. The Balaban J connectivity index is 1.14. The van der Waals surface area contributed by atoms with Gasteiger partial charge in [-0.25, -0.2) is 19.9 Å². The summed E-state index contributed by atoms with van der Waals surface area (Å²) in [6.45, 7) is 2.02. The quantitative estimate of drug-likeness (QED) is 0.167. The zero-order valence-electron chi connectivity index (χ0n) is 29.8. The average molecular weight is 706 g/mol. The van der Waals surface area contributed by atoms with Gasteiger partial charge in [0.25, 0.3) is 0 Å². The van der Waals surface area contributed by atoms with Crippen LogP contribution >= 0.6 is 0 Å². The Labute approximate surface area is 316 Å². The van der Waals surface area contributed by atoms with E-state index in [1.807, 2.05) is 67.6 Å². The summed E-state index contributed by atoms with van der Waals surface area (Å²) in [6, 6.07) is 56.6. The number of imidazole rings is 1. The highest BCUT2D eigenvalue weighted by Gasteiger charge is 2.22. The Morgan fingerprint density at radius 2 is 1.00 bits per heavy atom. The number of fused-ring (bicyclic) bond motifs is 9. The number of furan rings is 1. The van der Waals surface area contributed by atoms with Crippen LogP contribution in [-0.4, -0.2) is 24.5 Å². The minimum Gasteiger partial charge on any atom is -0.455 e. The van der Waals surface area contributed by atoms with E-state index in [2.05, 4.69) is 114 Å². The molecule has 0 spiro atoms. The number of aryl methyl sites for hydroxylation is 1. The molecule has 0 fully saturated rings. The first-order chi connectivity index (χ1) is 27.2. The van der Waals surface area contributed by atoms with Crippen molar-refractivity contribution in [1.29, 1.82) is 0 Å². The number of hydrogen-bond acceptors (Lipinski definition) is 5. The van der Waals surface area contributed by atoms with E-state index in [9.17, 15) is 0 Å². The second-order valence-corrected chi connectivity index (χ2v) is 13.9. The zero-order valence-corrected chi connectivity index (χ0v) is 29.8. The van der Waals surface area contributed by atoms with Crippen molar-refractivity contribution in [3.05, 3.63) is 176 Å². The van der Waals surface area contributed by atoms with Crippen LogP contribution in [0.3, 0.4) is 0 Å². The predicted octanol–water partition coefficient (Wildman–Crippen LogP) is 12.4. The molecule has 3 heterocycles. The van der Waals surface area contributed by atoms with Gasteiger partial charge in [-0.2, -0.15) is 0 Å². The molecule has 0 unspecified atom stereocenters. The molecule has 0 saturated heterocycles. The van der Waals surface area contributed by atoms with Crippen LogP contribution in [0.25, 0.3) is 105 Å². The van der Waals surface area contributed by atoms with Crippen molar-refractivity contribution in [3.8, 4) is 51.2 Å². The largest absolute Gasteiger partial charge is 0.455 e. The third-order valence-electron chi connectivity index (χ3n) is 10.5. The molecule has 6 nitrogen and oxygen atoms in total. The summed E-state index contributed by atoms with van der Waals surface area (Å²) in [7, 11) is 0. The third-order valence-corrected chi connectivity index (χ3v) is 10.5. The van der Waals surface area contributed by atoms with Crippen molar-refractivity contribution < 1.29 is 4.42 Å². The van der Waals surface area contributed by atoms with Crippen molar-refractivity contribution in [2.45, 2.75) is 6.92 Å². The molecule has 0 aliphatic rings. The van der Waals surface area contributed by atoms with E-state index in [-0.39, 0.29) is 0 Å². The van der Waals surface area contributed by atoms with Crippen LogP contribution in [0.2, 0.25) is 0 Å². The number of hydrogen-bond donors (Lipinski definition) is 0. The maximum atomic E-state index is 6.73. The summed E-state index contributed by atoms with van der Waals surface area (Å²) < 4.78 is 8.85. The van der Waals surface area contributed by atoms with Gasteiger partial charge in [0.15, 0.2) is 17.5 Å². The lowest BCUT2D eigenvalue weighted by atomic mass is 9.93. The molecule has 3 aromatic heterocycles. The molecule has 0 bridgehead atoms. The molecule has 0 N–H and O–H groups in total. The fourth-order valence-corrected chi connectivity index (χ4v) is 8.07. The number of para-hydroxylation sites is 2. The highest BCUT2D eigenvalue weighted by Crippen LogP contribution is 2.41. The molecule has 55 heavy (non-hydrogen) atoms. The summed E-state index contributed by atoms with van der Waals surface area (Å²) in [6.07, 6.45) is 2.06. The first kappa shape index (κ1) is 31.1. The van der Waals surface area contributed by atoms with Gasteiger partial charge in [-0.05, 0) is 69.6 Å². The molecule has 0 aliphatic carbocycles. The molecule has 0 saturated carbocycles. The van der Waals surface area contributed by atoms with Crippen molar-refractivity contribution in [2.24, 2.45) is 0 Å². The minimum absolute atomic E-state index is 0.577. The van der Waals surface area contributed by atoms with Crippen molar-refractivity contribution >= 4 is 54.3 Å². The SMILES string of the molecule is Cc1cn(-c2ccccc2)c(-c2cccc3c2oc2cccc(-c4nc(-c5ccccc5)nc(-c5ccc6c7ccccc7c7ccccc7c6c5)n4)c23)n1. The lowest BCUT2D eigenvalue weighted by molar-refractivity contribution is 0.669. The van der Waals surface area contributed by atoms with Crippen LogP contribution in [0.4, 0.5) is 0 Å². The lowest BCUT2D eigenvalue weighted by Crippen LogP contribution is -2.00. The first-order valence-corrected chi connectivity index (χ1v) is 18.4. The van der Waals surface area contributed by atoms with Gasteiger partial charge in [-0.3, -0.25) is 4.57 Å². The van der Waals surface area contributed by atoms with Crippen LogP contribution in [0.15, 0.2) is 174 Å². The molecule has 258 valence electrons. The van der Waals surface area contributed by atoms with Crippen LogP contribution < -0.4 is 0 Å². The van der Waals surface area contributed by atoms with E-state index in [1.165, 1.54) is 26.9 Å². The molecule has 11 rings (SSSR count). The Kier molecular flexibility index (Phi) is 6.97.